The van der Waals surface area contributed by atoms with Crippen molar-refractivity contribution >= 4 is 34.4 Å². The number of likely N-dealkylation sites (tertiary alicyclic amines) is 1. The van der Waals surface area contributed by atoms with Crippen molar-refractivity contribution in [3.63, 3.8) is 0 Å². The quantitative estimate of drug-likeness (QED) is 0.301. The largest absolute Gasteiger partial charge is 0.361 e. The summed E-state index contributed by atoms with van der Waals surface area (Å²) in [5, 5.41) is 14.6. The molecule has 1 saturated heterocycles. The van der Waals surface area contributed by atoms with Crippen LogP contribution < -0.4 is 5.32 Å². The van der Waals surface area contributed by atoms with Gasteiger partial charge in [-0.3, -0.25) is 9.88 Å². The Hall–Kier alpha value is -3.92. The third-order valence-corrected chi connectivity index (χ3v) is 7.79. The Balaban J connectivity index is 1.38. The zero-order chi connectivity index (χ0) is 26.6. The Morgan fingerprint density at radius 1 is 1.13 bits per heavy atom. The fourth-order valence-corrected chi connectivity index (χ4v) is 5.43. The molecule has 2 N–H and O–H groups in total. The molecule has 1 fully saturated rings. The molecule has 0 spiro atoms. The summed E-state index contributed by atoms with van der Waals surface area (Å²) in [6.07, 6.45) is 10.3. The Bertz CT molecular complexity index is 1500. The highest BCUT2D eigenvalue weighted by Gasteiger charge is 2.20. The molecule has 2 aromatic carbocycles. The van der Waals surface area contributed by atoms with Crippen LogP contribution in [0.1, 0.15) is 46.4 Å². The number of nitrogens with zero attached hydrogens (tertiary/aromatic N) is 4. The molecule has 0 unspecified atom stereocenters. The Kier molecular flexibility index (Phi) is 7.59. The van der Waals surface area contributed by atoms with Gasteiger partial charge in [0.15, 0.2) is 0 Å². The van der Waals surface area contributed by atoms with E-state index in [0.717, 1.165) is 58.9 Å². The minimum Gasteiger partial charge on any atom is -0.361 e. The normalized spacial score (nSPS) is 14.9. The first-order valence-corrected chi connectivity index (χ1v) is 13.3. The standard InChI is InChI=1S/C32H36N6/c1-22-28-12-15-34-31(28)11-10-30(22)36-32-26(19-33)20-35-23(2)29(32)9-8-24-6-5-7-25(18-24)21-38-16-13-27(14-17-38)37(3)4/h5-12,15,18,20,27,34H,13-14,16-17,21H2,1-4H3,(H,35,36). The highest BCUT2D eigenvalue weighted by molar-refractivity contribution is 5.90. The van der Waals surface area contributed by atoms with E-state index in [0.29, 0.717) is 11.6 Å². The molecule has 194 valence electrons. The van der Waals surface area contributed by atoms with Crippen LogP contribution in [-0.2, 0) is 6.54 Å². The molecule has 0 radical (unpaired) electrons. The van der Waals surface area contributed by atoms with Gasteiger partial charge in [-0.15, -0.1) is 0 Å². The first-order chi connectivity index (χ1) is 18.4. The number of hydrogen-bond donors (Lipinski definition) is 2. The predicted molar refractivity (Wildman–Crippen MR) is 157 cm³/mol. The number of aryl methyl sites for hydroxylation is 2. The minimum atomic E-state index is 0.527. The van der Waals surface area contributed by atoms with E-state index in [-0.39, 0.29) is 0 Å². The van der Waals surface area contributed by atoms with Crippen LogP contribution in [0.2, 0.25) is 0 Å². The molecule has 0 aliphatic carbocycles. The molecule has 1 aliphatic rings. The van der Waals surface area contributed by atoms with Crippen LogP contribution in [0.4, 0.5) is 11.4 Å². The molecule has 4 aromatic rings. The number of pyridine rings is 1. The lowest BCUT2D eigenvalue weighted by Gasteiger charge is -2.35. The molecule has 0 bridgehead atoms. The van der Waals surface area contributed by atoms with Gasteiger partial charge in [0.25, 0.3) is 0 Å². The lowest BCUT2D eigenvalue weighted by atomic mass is 10.0. The number of fused-ring (bicyclic) bond motifs is 1. The van der Waals surface area contributed by atoms with Crippen LogP contribution in [-0.4, -0.2) is 53.0 Å². The van der Waals surface area contributed by atoms with Crippen molar-refractivity contribution < 1.29 is 0 Å². The second-order valence-electron chi connectivity index (χ2n) is 10.5. The fourth-order valence-electron chi connectivity index (χ4n) is 5.43. The summed E-state index contributed by atoms with van der Waals surface area (Å²) in [5.41, 5.74) is 8.80. The highest BCUT2D eigenvalue weighted by atomic mass is 15.2. The van der Waals surface area contributed by atoms with Crippen LogP contribution in [0, 0.1) is 25.2 Å². The van der Waals surface area contributed by atoms with Crippen molar-refractivity contribution in [2.45, 2.75) is 39.3 Å². The summed E-state index contributed by atoms with van der Waals surface area (Å²) in [5.74, 6) is 0. The Morgan fingerprint density at radius 2 is 1.95 bits per heavy atom. The van der Waals surface area contributed by atoms with Gasteiger partial charge < -0.3 is 15.2 Å². The number of aromatic amines is 1. The average Bonchev–Trinajstić information content (AvgIpc) is 3.40. The summed E-state index contributed by atoms with van der Waals surface area (Å²) >= 11 is 0. The lowest BCUT2D eigenvalue weighted by Crippen LogP contribution is -2.41. The Morgan fingerprint density at radius 3 is 2.71 bits per heavy atom. The third kappa shape index (κ3) is 5.50. The summed E-state index contributed by atoms with van der Waals surface area (Å²) in [6.45, 7) is 7.33. The number of rotatable bonds is 7. The first kappa shape index (κ1) is 25.7. The summed E-state index contributed by atoms with van der Waals surface area (Å²) in [6, 6.07) is 18.0. The number of aromatic nitrogens is 2. The smallest absolute Gasteiger partial charge is 0.103 e. The number of benzene rings is 2. The van der Waals surface area contributed by atoms with Gasteiger partial charge in [0.05, 0.1) is 11.3 Å². The third-order valence-electron chi connectivity index (χ3n) is 7.79. The van der Waals surface area contributed by atoms with Crippen molar-refractivity contribution in [1.82, 2.24) is 19.8 Å². The van der Waals surface area contributed by atoms with Crippen LogP contribution in [0.25, 0.3) is 23.1 Å². The van der Waals surface area contributed by atoms with Gasteiger partial charge in [0, 0.05) is 52.8 Å². The topological polar surface area (TPSA) is 71.0 Å². The average molecular weight is 505 g/mol. The summed E-state index contributed by atoms with van der Waals surface area (Å²) in [4.78, 5) is 12.7. The van der Waals surface area contributed by atoms with Crippen molar-refractivity contribution in [1.29, 1.82) is 5.26 Å². The van der Waals surface area contributed by atoms with Crippen molar-refractivity contribution in [3.05, 3.63) is 88.4 Å². The maximum atomic E-state index is 9.88. The zero-order valence-corrected chi connectivity index (χ0v) is 22.8. The van der Waals surface area contributed by atoms with E-state index >= 15 is 0 Å². The molecular weight excluding hydrogens is 468 g/mol. The van der Waals surface area contributed by atoms with Crippen molar-refractivity contribution in [3.8, 4) is 6.07 Å². The number of anilines is 2. The number of piperidine rings is 1. The van der Waals surface area contributed by atoms with Crippen LogP contribution in [0.3, 0.4) is 0 Å². The van der Waals surface area contributed by atoms with Crippen LogP contribution in [0.15, 0.2) is 54.9 Å². The maximum absolute atomic E-state index is 9.88. The van der Waals surface area contributed by atoms with Gasteiger partial charge in [0.2, 0.25) is 0 Å². The molecule has 0 amide bonds. The van der Waals surface area contributed by atoms with Crippen LogP contribution in [0.5, 0.6) is 0 Å². The predicted octanol–water partition coefficient (Wildman–Crippen LogP) is 6.49. The van der Waals surface area contributed by atoms with Crippen LogP contribution >= 0.6 is 0 Å². The maximum Gasteiger partial charge on any atom is 0.103 e. The molecule has 0 saturated carbocycles. The van der Waals surface area contributed by atoms with E-state index in [1.165, 1.54) is 23.8 Å². The molecule has 6 heteroatoms. The first-order valence-electron chi connectivity index (χ1n) is 13.3. The summed E-state index contributed by atoms with van der Waals surface area (Å²) < 4.78 is 0. The lowest BCUT2D eigenvalue weighted by molar-refractivity contribution is 0.140. The molecule has 6 nitrogen and oxygen atoms in total. The van der Waals surface area contributed by atoms with E-state index < -0.39 is 0 Å². The van der Waals surface area contributed by atoms with Gasteiger partial charge in [-0.25, -0.2) is 0 Å². The van der Waals surface area contributed by atoms with E-state index in [1.807, 2.05) is 13.1 Å². The van der Waals surface area contributed by atoms with E-state index in [1.54, 1.807) is 6.20 Å². The number of hydrogen-bond acceptors (Lipinski definition) is 5. The molecule has 2 aromatic heterocycles. The molecule has 1 aliphatic heterocycles. The second-order valence-corrected chi connectivity index (χ2v) is 10.5. The van der Waals surface area contributed by atoms with Gasteiger partial charge in [-0.1, -0.05) is 36.4 Å². The molecule has 0 atom stereocenters. The number of H-pyrrole nitrogens is 1. The van der Waals surface area contributed by atoms with E-state index in [4.69, 9.17) is 0 Å². The van der Waals surface area contributed by atoms with Gasteiger partial charge >= 0.3 is 0 Å². The fraction of sp³-hybridized carbons (Fsp3) is 0.312. The molecular formula is C32H36N6. The monoisotopic (exact) mass is 504 g/mol. The minimum absolute atomic E-state index is 0.527. The van der Waals surface area contributed by atoms with Crippen molar-refractivity contribution in [2.75, 3.05) is 32.5 Å². The second kappa shape index (κ2) is 11.2. The zero-order valence-electron chi connectivity index (χ0n) is 22.8. The number of nitriles is 1. The highest BCUT2D eigenvalue weighted by Crippen LogP contribution is 2.32. The molecule has 5 rings (SSSR count). The summed E-state index contributed by atoms with van der Waals surface area (Å²) in [7, 11) is 4.37. The molecule has 38 heavy (non-hydrogen) atoms. The Labute approximate surface area is 225 Å². The van der Waals surface area contributed by atoms with Gasteiger partial charge in [-0.2, -0.15) is 5.26 Å². The van der Waals surface area contributed by atoms with Gasteiger partial charge in [0.1, 0.15) is 6.07 Å². The van der Waals surface area contributed by atoms with Crippen molar-refractivity contribution in [2.24, 2.45) is 0 Å². The number of nitrogens with one attached hydrogen (secondary N) is 2. The molecule has 3 heterocycles. The van der Waals surface area contributed by atoms with E-state index in [2.05, 4.69) is 107 Å². The van der Waals surface area contributed by atoms with Gasteiger partial charge in [-0.05, 0) is 88.8 Å². The SMILES string of the molecule is Cc1ncc(C#N)c(Nc2ccc3[nH]ccc3c2C)c1C=Cc1cccc(CN2CCC(N(C)C)CC2)c1. The van der Waals surface area contributed by atoms with E-state index in [9.17, 15) is 5.26 Å².